The van der Waals surface area contributed by atoms with E-state index in [2.05, 4.69) is 0 Å². The summed E-state index contributed by atoms with van der Waals surface area (Å²) in [5.41, 5.74) is 2.48. The molecule has 8 heteroatoms. The minimum Gasteiger partial charge on any atom is -0.490 e. The summed E-state index contributed by atoms with van der Waals surface area (Å²) >= 11 is 2.96. The van der Waals surface area contributed by atoms with Gasteiger partial charge in [-0.15, -0.1) is 11.8 Å². The van der Waals surface area contributed by atoms with E-state index in [1.807, 2.05) is 101 Å². The van der Waals surface area contributed by atoms with Crippen LogP contribution in [0.1, 0.15) is 51.8 Å². The molecule has 0 bridgehead atoms. The van der Waals surface area contributed by atoms with E-state index in [9.17, 15) is 9.59 Å². The molecule has 1 aromatic heterocycles. The third-order valence-electron chi connectivity index (χ3n) is 6.58. The predicted molar refractivity (Wildman–Crippen MR) is 163 cm³/mol. The summed E-state index contributed by atoms with van der Waals surface area (Å²) in [7, 11) is 0. The summed E-state index contributed by atoms with van der Waals surface area (Å²) < 4.78 is 13.8. The number of ether oxygens (including phenoxy) is 2. The highest BCUT2D eigenvalue weighted by atomic mass is 32.2. The summed E-state index contributed by atoms with van der Waals surface area (Å²) in [5, 5.41) is 1.98. The highest BCUT2D eigenvalue weighted by Crippen LogP contribution is 2.33. The lowest BCUT2D eigenvalue weighted by molar-refractivity contribution is -0.143. The van der Waals surface area contributed by atoms with Gasteiger partial charge in [0.1, 0.15) is 5.75 Å². The molecule has 0 aliphatic carbocycles. The fourth-order valence-corrected chi connectivity index (χ4v) is 6.33. The van der Waals surface area contributed by atoms with Crippen molar-refractivity contribution in [1.29, 1.82) is 0 Å². The second-order valence-corrected chi connectivity index (χ2v) is 12.1. The number of nitrogens with zero attached hydrogens (tertiary/aromatic N) is 2. The number of thiazole rings is 1. The van der Waals surface area contributed by atoms with Gasteiger partial charge < -0.3 is 9.47 Å². The third kappa shape index (κ3) is 5.38. The van der Waals surface area contributed by atoms with E-state index in [1.54, 1.807) is 23.3 Å². The van der Waals surface area contributed by atoms with Gasteiger partial charge in [-0.2, -0.15) is 0 Å². The van der Waals surface area contributed by atoms with Crippen molar-refractivity contribution >= 4 is 45.9 Å². The molecular weight excluding hydrogens is 540 g/mol. The number of hydrogen-bond acceptors (Lipinski definition) is 7. The lowest BCUT2D eigenvalue weighted by Gasteiger charge is -2.25. The first-order chi connectivity index (χ1) is 19.2. The van der Waals surface area contributed by atoms with Gasteiger partial charge in [-0.1, -0.05) is 53.8 Å². The first-order valence-electron chi connectivity index (χ1n) is 13.2. The van der Waals surface area contributed by atoms with E-state index in [4.69, 9.17) is 14.5 Å². The molecule has 0 saturated carbocycles. The van der Waals surface area contributed by atoms with Gasteiger partial charge >= 0.3 is 5.97 Å². The number of allylic oxidation sites excluding steroid dienone is 1. The second-order valence-electron chi connectivity index (χ2n) is 10.2. The van der Waals surface area contributed by atoms with Crippen molar-refractivity contribution in [3.8, 4) is 5.75 Å². The zero-order valence-electron chi connectivity index (χ0n) is 23.4. The molecule has 4 aromatic rings. The van der Waals surface area contributed by atoms with Crippen LogP contribution in [0.25, 0.3) is 16.8 Å². The average molecular weight is 573 g/mol. The smallest absolute Gasteiger partial charge is 0.338 e. The van der Waals surface area contributed by atoms with Crippen LogP contribution in [-0.2, 0) is 9.53 Å². The van der Waals surface area contributed by atoms with Crippen LogP contribution < -0.4 is 19.6 Å². The summed E-state index contributed by atoms with van der Waals surface area (Å²) in [6, 6.07) is 19.3. The van der Waals surface area contributed by atoms with Gasteiger partial charge in [0.25, 0.3) is 5.56 Å². The van der Waals surface area contributed by atoms with Crippen molar-refractivity contribution in [3.63, 3.8) is 0 Å². The van der Waals surface area contributed by atoms with E-state index in [1.165, 1.54) is 11.3 Å². The maximum absolute atomic E-state index is 14.0. The topological polar surface area (TPSA) is 69.9 Å². The number of fused-ring (bicyclic) bond motifs is 2. The van der Waals surface area contributed by atoms with Crippen molar-refractivity contribution in [2.45, 2.75) is 57.8 Å². The summed E-state index contributed by atoms with van der Waals surface area (Å²) in [5.74, 6) is 0.345. The Kier molecular flexibility index (Phi) is 8.01. The van der Waals surface area contributed by atoms with Gasteiger partial charge in [0.2, 0.25) is 0 Å². The van der Waals surface area contributed by atoms with Crippen molar-refractivity contribution in [2.24, 2.45) is 4.99 Å². The Labute approximate surface area is 241 Å². The monoisotopic (exact) mass is 572 g/mol. The van der Waals surface area contributed by atoms with Crippen LogP contribution in [0.3, 0.4) is 0 Å². The quantitative estimate of drug-likeness (QED) is 0.205. The Hall–Kier alpha value is -3.62. The van der Waals surface area contributed by atoms with E-state index in [0.717, 1.165) is 32.5 Å². The minimum absolute atomic E-state index is 0.0442. The lowest BCUT2D eigenvalue weighted by Crippen LogP contribution is -2.40. The zero-order chi connectivity index (χ0) is 28.6. The number of rotatable bonds is 7. The molecule has 2 heterocycles. The summed E-state index contributed by atoms with van der Waals surface area (Å²) in [6.07, 6.45) is 3.67. The number of carbonyl (C=O) groups excluding carboxylic acids is 1. The Bertz CT molecular complexity index is 1800. The molecule has 0 radical (unpaired) electrons. The number of hydrogen-bond donors (Lipinski definition) is 0. The predicted octanol–water partition coefficient (Wildman–Crippen LogP) is 5.85. The molecule has 1 aliphatic heterocycles. The molecule has 0 N–H and O–H groups in total. The van der Waals surface area contributed by atoms with Crippen molar-refractivity contribution in [3.05, 3.63) is 103 Å². The minimum atomic E-state index is -0.640. The van der Waals surface area contributed by atoms with Gasteiger partial charge in [-0.05, 0) is 81.7 Å². The molecule has 40 heavy (non-hydrogen) atoms. The van der Waals surface area contributed by atoms with E-state index >= 15 is 0 Å². The van der Waals surface area contributed by atoms with Crippen LogP contribution in [0.5, 0.6) is 5.75 Å². The number of aromatic nitrogens is 1. The van der Waals surface area contributed by atoms with Gasteiger partial charge in [-0.3, -0.25) is 9.36 Å². The van der Waals surface area contributed by atoms with Crippen LogP contribution in [0.4, 0.5) is 0 Å². The zero-order valence-corrected chi connectivity index (χ0v) is 25.1. The van der Waals surface area contributed by atoms with Gasteiger partial charge in [-0.25, -0.2) is 9.79 Å². The van der Waals surface area contributed by atoms with Crippen LogP contribution in [0.2, 0.25) is 0 Å². The molecule has 1 atom stereocenters. The molecule has 0 saturated heterocycles. The molecule has 5 rings (SSSR count). The molecule has 206 valence electrons. The van der Waals surface area contributed by atoms with Crippen LogP contribution in [0, 0.1) is 0 Å². The maximum Gasteiger partial charge on any atom is 0.338 e. The molecule has 0 spiro atoms. The molecule has 0 unspecified atom stereocenters. The largest absolute Gasteiger partial charge is 0.490 e. The van der Waals surface area contributed by atoms with Crippen molar-refractivity contribution < 1.29 is 14.3 Å². The van der Waals surface area contributed by atoms with Crippen LogP contribution in [-0.4, -0.2) is 29.0 Å². The second kappa shape index (κ2) is 11.5. The standard InChI is InChI=1S/C32H32N2O4S2/c1-18(2)37-26-16-13-22(24-9-7-8-10-25(24)26)17-27-30(35)34-29(21-11-14-23(39-6)15-12-21)28(31(36)38-19(3)4)20(5)33-32(34)40-27/h7-19,29H,1-6H3/b27-17+/t29-/m0/s1. The number of benzene rings is 3. The summed E-state index contributed by atoms with van der Waals surface area (Å²) in [4.78, 5) is 33.7. The fraction of sp³-hybridized carbons (Fsp3) is 0.281. The Morgan fingerprint density at radius 1 is 1.00 bits per heavy atom. The first-order valence-corrected chi connectivity index (χ1v) is 15.3. The van der Waals surface area contributed by atoms with E-state index in [-0.39, 0.29) is 17.8 Å². The van der Waals surface area contributed by atoms with E-state index < -0.39 is 12.0 Å². The summed E-state index contributed by atoms with van der Waals surface area (Å²) in [6.45, 7) is 9.43. The maximum atomic E-state index is 14.0. The molecule has 1 aliphatic rings. The average Bonchev–Trinajstić information content (AvgIpc) is 3.22. The van der Waals surface area contributed by atoms with Gasteiger partial charge in [0, 0.05) is 10.3 Å². The van der Waals surface area contributed by atoms with Crippen LogP contribution in [0.15, 0.2) is 86.6 Å². The van der Waals surface area contributed by atoms with Crippen molar-refractivity contribution in [2.75, 3.05) is 6.26 Å². The Morgan fingerprint density at radius 2 is 1.70 bits per heavy atom. The molecule has 6 nitrogen and oxygen atoms in total. The lowest BCUT2D eigenvalue weighted by atomic mass is 9.96. The number of carbonyl (C=O) groups is 1. The SMILES string of the molecule is CSc1ccc([C@H]2C(C(=O)OC(C)C)=C(C)N=c3s/c(=C/c4ccc(OC(C)C)c5ccccc45)c(=O)n32)cc1. The molecule has 0 amide bonds. The molecular formula is C32H32N2O4S2. The number of esters is 1. The van der Waals surface area contributed by atoms with E-state index in [0.29, 0.717) is 20.6 Å². The van der Waals surface area contributed by atoms with Gasteiger partial charge in [0.05, 0.1) is 34.1 Å². The van der Waals surface area contributed by atoms with Crippen LogP contribution >= 0.6 is 23.1 Å². The molecule has 0 fully saturated rings. The third-order valence-corrected chi connectivity index (χ3v) is 8.31. The Morgan fingerprint density at radius 3 is 2.35 bits per heavy atom. The first kappa shape index (κ1) is 27.9. The van der Waals surface area contributed by atoms with Crippen molar-refractivity contribution in [1.82, 2.24) is 4.57 Å². The Balaban J connectivity index is 1.70. The normalized spacial score (nSPS) is 15.5. The fourth-order valence-electron chi connectivity index (χ4n) is 4.88. The highest BCUT2D eigenvalue weighted by Gasteiger charge is 2.33. The number of thioether (sulfide) groups is 1. The molecule has 3 aromatic carbocycles. The highest BCUT2D eigenvalue weighted by molar-refractivity contribution is 7.98. The van der Waals surface area contributed by atoms with Gasteiger partial charge in [0.15, 0.2) is 4.80 Å².